The van der Waals surface area contributed by atoms with Crippen molar-refractivity contribution in [2.75, 3.05) is 5.33 Å². The monoisotopic (exact) mass is 254 g/mol. The van der Waals surface area contributed by atoms with Gasteiger partial charge in [0.2, 0.25) is 0 Å². The van der Waals surface area contributed by atoms with Crippen LogP contribution in [-0.4, -0.2) is 10.3 Å². The van der Waals surface area contributed by atoms with Gasteiger partial charge in [-0.2, -0.15) is 5.26 Å². The van der Waals surface area contributed by atoms with Crippen molar-refractivity contribution in [3.8, 4) is 6.07 Å². The second-order valence-corrected chi connectivity index (χ2v) is 3.44. The minimum atomic E-state index is -0.459. The van der Waals surface area contributed by atoms with Gasteiger partial charge in [0.25, 0.3) is 5.69 Å². The Morgan fingerprint density at radius 1 is 1.57 bits per heavy atom. The van der Waals surface area contributed by atoms with E-state index < -0.39 is 4.92 Å². The molecule has 0 saturated carbocycles. The van der Waals surface area contributed by atoms with Gasteiger partial charge in [0, 0.05) is 17.0 Å². The number of rotatable bonds is 3. The maximum Gasteiger partial charge on any atom is 0.273 e. The van der Waals surface area contributed by atoms with Gasteiger partial charge in [-0.3, -0.25) is 10.1 Å². The van der Waals surface area contributed by atoms with E-state index in [1.807, 2.05) is 6.07 Å². The molecule has 0 heterocycles. The molecule has 4 nitrogen and oxygen atoms in total. The first kappa shape index (κ1) is 10.7. The molecule has 72 valence electrons. The van der Waals surface area contributed by atoms with Crippen LogP contribution in [0.3, 0.4) is 0 Å². The molecule has 0 radical (unpaired) electrons. The number of alkyl halides is 1. The predicted octanol–water partition coefficient (Wildman–Crippen LogP) is 2.40. The van der Waals surface area contributed by atoms with Crippen LogP contribution in [0, 0.1) is 21.4 Å². The summed E-state index contributed by atoms with van der Waals surface area (Å²) in [5.41, 5.74) is 0.976. The minimum absolute atomic E-state index is 0.0171. The molecule has 0 amide bonds. The summed E-state index contributed by atoms with van der Waals surface area (Å²) in [5, 5.41) is 19.9. The number of nitriles is 1. The van der Waals surface area contributed by atoms with Crippen molar-refractivity contribution >= 4 is 21.6 Å². The molecule has 0 spiro atoms. The average Bonchev–Trinajstić information content (AvgIpc) is 2.18. The van der Waals surface area contributed by atoms with E-state index in [1.54, 1.807) is 12.1 Å². The first-order chi connectivity index (χ1) is 6.69. The van der Waals surface area contributed by atoms with E-state index in [4.69, 9.17) is 5.26 Å². The van der Waals surface area contributed by atoms with Crippen molar-refractivity contribution in [1.29, 1.82) is 5.26 Å². The summed E-state index contributed by atoms with van der Waals surface area (Å²) in [7, 11) is 0. The number of nitro groups is 1. The fourth-order valence-electron chi connectivity index (χ4n) is 1.12. The lowest BCUT2D eigenvalue weighted by molar-refractivity contribution is -0.385. The zero-order valence-corrected chi connectivity index (χ0v) is 8.82. The van der Waals surface area contributed by atoms with Crippen molar-refractivity contribution in [2.45, 2.75) is 6.42 Å². The summed E-state index contributed by atoms with van der Waals surface area (Å²) >= 11 is 3.22. The number of hydrogen-bond donors (Lipinski definition) is 0. The molecule has 0 saturated heterocycles. The third-order valence-corrected chi connectivity index (χ3v) is 2.17. The molecule has 0 aliphatic carbocycles. The van der Waals surface area contributed by atoms with E-state index in [0.717, 1.165) is 0 Å². The van der Waals surface area contributed by atoms with Gasteiger partial charge in [0.05, 0.1) is 16.6 Å². The van der Waals surface area contributed by atoms with Gasteiger partial charge in [-0.1, -0.05) is 22.0 Å². The highest BCUT2D eigenvalue weighted by atomic mass is 79.9. The molecule has 14 heavy (non-hydrogen) atoms. The third kappa shape index (κ3) is 2.30. The highest BCUT2D eigenvalue weighted by Crippen LogP contribution is 2.20. The van der Waals surface area contributed by atoms with Gasteiger partial charge in [0.1, 0.15) is 0 Å². The highest BCUT2D eigenvalue weighted by Gasteiger charge is 2.13. The smallest absolute Gasteiger partial charge is 0.258 e. The molecule has 0 unspecified atom stereocenters. The maximum atomic E-state index is 10.6. The van der Waals surface area contributed by atoms with Crippen LogP contribution in [0.15, 0.2) is 18.2 Å². The van der Waals surface area contributed by atoms with Crippen molar-refractivity contribution in [3.63, 3.8) is 0 Å². The largest absolute Gasteiger partial charge is 0.273 e. The molecule has 1 aromatic carbocycles. The lowest BCUT2D eigenvalue weighted by Gasteiger charge is -2.00. The Bertz CT molecular complexity index is 398. The van der Waals surface area contributed by atoms with E-state index in [0.29, 0.717) is 22.9 Å². The Kier molecular flexibility index (Phi) is 3.60. The van der Waals surface area contributed by atoms with Gasteiger partial charge in [-0.05, 0) is 12.5 Å². The van der Waals surface area contributed by atoms with Crippen LogP contribution in [0.4, 0.5) is 5.69 Å². The summed E-state index contributed by atoms with van der Waals surface area (Å²) < 4.78 is 0. The number of halogens is 1. The van der Waals surface area contributed by atoms with Crippen LogP contribution >= 0.6 is 15.9 Å². The lowest BCUT2D eigenvalue weighted by atomic mass is 10.1. The summed E-state index contributed by atoms with van der Waals surface area (Å²) in [6.45, 7) is 0. The first-order valence-corrected chi connectivity index (χ1v) is 5.04. The normalized spacial score (nSPS) is 9.43. The number of nitrogens with zero attached hydrogens (tertiary/aromatic N) is 2. The number of nitro benzene ring substituents is 1. The molecular formula is C9H7BrN2O2. The molecule has 0 aliphatic rings. The van der Waals surface area contributed by atoms with Crippen LogP contribution < -0.4 is 0 Å². The van der Waals surface area contributed by atoms with Crippen molar-refractivity contribution in [2.24, 2.45) is 0 Å². The Morgan fingerprint density at radius 2 is 2.29 bits per heavy atom. The van der Waals surface area contributed by atoms with E-state index in [2.05, 4.69) is 15.9 Å². The van der Waals surface area contributed by atoms with Gasteiger partial charge < -0.3 is 0 Å². The molecule has 0 bridgehead atoms. The van der Waals surface area contributed by atoms with E-state index in [1.165, 1.54) is 6.07 Å². The third-order valence-electron chi connectivity index (χ3n) is 1.77. The molecule has 0 aliphatic heterocycles. The standard InChI is InChI=1S/C9H7BrN2O2/c10-4-3-8-2-1-7(6-11)5-9(8)12(13)14/h1-2,5H,3-4H2. The minimum Gasteiger partial charge on any atom is -0.258 e. The first-order valence-electron chi connectivity index (χ1n) is 3.92. The fraction of sp³-hybridized carbons (Fsp3) is 0.222. The highest BCUT2D eigenvalue weighted by molar-refractivity contribution is 9.09. The number of aryl methyl sites for hydroxylation is 1. The van der Waals surface area contributed by atoms with E-state index in [-0.39, 0.29) is 5.69 Å². The number of hydrogen-bond acceptors (Lipinski definition) is 3. The Labute approximate surface area is 89.4 Å². The van der Waals surface area contributed by atoms with Crippen LogP contribution in [-0.2, 0) is 6.42 Å². The molecule has 0 fully saturated rings. The zero-order chi connectivity index (χ0) is 10.6. The van der Waals surface area contributed by atoms with Crippen molar-refractivity contribution in [1.82, 2.24) is 0 Å². The van der Waals surface area contributed by atoms with Gasteiger partial charge in [0.15, 0.2) is 0 Å². The fourth-order valence-corrected chi connectivity index (χ4v) is 1.54. The Balaban J connectivity index is 3.18. The number of benzene rings is 1. The van der Waals surface area contributed by atoms with Gasteiger partial charge in [-0.25, -0.2) is 0 Å². The van der Waals surface area contributed by atoms with Crippen LogP contribution in [0.5, 0.6) is 0 Å². The SMILES string of the molecule is N#Cc1ccc(CCBr)c([N+](=O)[O-])c1. The second-order valence-electron chi connectivity index (χ2n) is 2.65. The maximum absolute atomic E-state index is 10.6. The molecule has 5 heteroatoms. The molecular weight excluding hydrogens is 248 g/mol. The molecule has 0 N–H and O–H groups in total. The topological polar surface area (TPSA) is 66.9 Å². The Hall–Kier alpha value is -1.41. The average molecular weight is 255 g/mol. The van der Waals surface area contributed by atoms with Gasteiger partial charge >= 0.3 is 0 Å². The summed E-state index contributed by atoms with van der Waals surface area (Å²) in [4.78, 5) is 10.2. The molecule has 1 rings (SSSR count). The van der Waals surface area contributed by atoms with E-state index >= 15 is 0 Å². The van der Waals surface area contributed by atoms with Crippen molar-refractivity contribution < 1.29 is 4.92 Å². The Morgan fingerprint density at radius 3 is 2.79 bits per heavy atom. The van der Waals surface area contributed by atoms with Crippen molar-refractivity contribution in [3.05, 3.63) is 39.4 Å². The van der Waals surface area contributed by atoms with E-state index in [9.17, 15) is 10.1 Å². The molecule has 0 atom stereocenters. The quantitative estimate of drug-likeness (QED) is 0.473. The summed E-state index contributed by atoms with van der Waals surface area (Å²) in [6, 6.07) is 6.39. The van der Waals surface area contributed by atoms with Crippen LogP contribution in [0.1, 0.15) is 11.1 Å². The molecule has 1 aromatic rings. The second kappa shape index (κ2) is 4.72. The predicted molar refractivity (Wildman–Crippen MR) is 55.3 cm³/mol. The van der Waals surface area contributed by atoms with Crippen LogP contribution in [0.25, 0.3) is 0 Å². The zero-order valence-electron chi connectivity index (χ0n) is 7.24. The van der Waals surface area contributed by atoms with Crippen LogP contribution in [0.2, 0.25) is 0 Å². The summed E-state index contributed by atoms with van der Waals surface area (Å²) in [5.74, 6) is 0. The van der Waals surface area contributed by atoms with Gasteiger partial charge in [-0.15, -0.1) is 0 Å². The summed E-state index contributed by atoms with van der Waals surface area (Å²) in [6.07, 6.45) is 0.585. The molecule has 0 aromatic heterocycles. The lowest BCUT2D eigenvalue weighted by Crippen LogP contribution is -1.96.